The number of nitrogens with zero attached hydrogens (tertiary/aromatic N) is 7. The van der Waals surface area contributed by atoms with E-state index in [-0.39, 0.29) is 0 Å². The second-order valence-electron chi connectivity index (χ2n) is 4.94. The van der Waals surface area contributed by atoms with Crippen molar-refractivity contribution in [2.75, 3.05) is 23.4 Å². The number of anilines is 2. The molecule has 1 unspecified atom stereocenters. The van der Waals surface area contributed by atoms with Crippen LogP contribution in [0.1, 0.15) is 19.8 Å². The van der Waals surface area contributed by atoms with E-state index >= 15 is 0 Å². The van der Waals surface area contributed by atoms with Crippen molar-refractivity contribution in [3.05, 3.63) is 12.7 Å². The van der Waals surface area contributed by atoms with Gasteiger partial charge in [-0.05, 0) is 18.8 Å². The summed E-state index contributed by atoms with van der Waals surface area (Å²) in [5.74, 6) is 7.40. The summed E-state index contributed by atoms with van der Waals surface area (Å²) in [6.45, 7) is 4.10. The first-order chi connectivity index (χ1) is 9.76. The van der Waals surface area contributed by atoms with E-state index in [1.807, 2.05) is 0 Å². The summed E-state index contributed by atoms with van der Waals surface area (Å²) in [5, 5.41) is 4.03. The van der Waals surface area contributed by atoms with Crippen LogP contribution in [0.3, 0.4) is 0 Å². The summed E-state index contributed by atoms with van der Waals surface area (Å²) in [4.78, 5) is 19.0. The van der Waals surface area contributed by atoms with Crippen LogP contribution in [0.2, 0.25) is 0 Å². The SMILES string of the molecule is CC1CCCN(c2nc(NN)nc(-n3cncn3)n2)C1. The van der Waals surface area contributed by atoms with Gasteiger partial charge in [0.1, 0.15) is 12.7 Å². The zero-order valence-corrected chi connectivity index (χ0v) is 11.3. The fraction of sp³-hybridized carbons (Fsp3) is 0.545. The van der Waals surface area contributed by atoms with Crippen molar-refractivity contribution in [1.82, 2.24) is 29.7 Å². The molecule has 20 heavy (non-hydrogen) atoms. The molecule has 0 spiro atoms. The molecule has 1 fully saturated rings. The highest BCUT2D eigenvalue weighted by Crippen LogP contribution is 2.21. The van der Waals surface area contributed by atoms with Crippen LogP contribution in [0.5, 0.6) is 0 Å². The van der Waals surface area contributed by atoms with Crippen molar-refractivity contribution >= 4 is 11.9 Å². The van der Waals surface area contributed by atoms with Crippen LogP contribution in [0, 0.1) is 5.92 Å². The Hall–Kier alpha value is -2.29. The minimum Gasteiger partial charge on any atom is -0.340 e. The summed E-state index contributed by atoms with van der Waals surface area (Å²) >= 11 is 0. The molecule has 0 radical (unpaired) electrons. The molecule has 0 amide bonds. The van der Waals surface area contributed by atoms with E-state index in [1.54, 1.807) is 0 Å². The van der Waals surface area contributed by atoms with Gasteiger partial charge >= 0.3 is 0 Å². The van der Waals surface area contributed by atoms with Crippen molar-refractivity contribution in [1.29, 1.82) is 0 Å². The first-order valence-corrected chi connectivity index (χ1v) is 6.59. The zero-order chi connectivity index (χ0) is 13.9. The maximum Gasteiger partial charge on any atom is 0.258 e. The molecule has 1 saturated heterocycles. The van der Waals surface area contributed by atoms with Crippen molar-refractivity contribution in [3.63, 3.8) is 0 Å². The number of hydrogen-bond donors (Lipinski definition) is 2. The summed E-state index contributed by atoms with van der Waals surface area (Å²) in [6, 6.07) is 0. The number of nitrogens with two attached hydrogens (primary N) is 1. The highest BCUT2D eigenvalue weighted by atomic mass is 15.4. The van der Waals surface area contributed by atoms with Gasteiger partial charge in [-0.15, -0.1) is 0 Å². The number of hydrogen-bond acceptors (Lipinski definition) is 8. The van der Waals surface area contributed by atoms with E-state index < -0.39 is 0 Å². The maximum atomic E-state index is 5.43. The maximum absolute atomic E-state index is 5.43. The molecule has 3 heterocycles. The zero-order valence-electron chi connectivity index (χ0n) is 11.3. The number of nitrogens with one attached hydrogen (secondary N) is 1. The predicted octanol–water partition coefficient (Wildman–Crippen LogP) is -0.0258. The van der Waals surface area contributed by atoms with Gasteiger partial charge in [0.05, 0.1) is 0 Å². The van der Waals surface area contributed by atoms with Crippen LogP contribution in [0.4, 0.5) is 11.9 Å². The van der Waals surface area contributed by atoms with Crippen LogP contribution >= 0.6 is 0 Å². The molecular weight excluding hydrogens is 258 g/mol. The topological polar surface area (TPSA) is 111 Å². The van der Waals surface area contributed by atoms with Crippen LogP contribution in [-0.4, -0.2) is 42.8 Å². The molecule has 2 aromatic rings. The molecule has 1 aliphatic heterocycles. The largest absolute Gasteiger partial charge is 0.340 e. The van der Waals surface area contributed by atoms with E-state index in [1.165, 1.54) is 23.8 Å². The monoisotopic (exact) mass is 275 g/mol. The minimum absolute atomic E-state index is 0.318. The van der Waals surface area contributed by atoms with Gasteiger partial charge in [-0.1, -0.05) is 6.92 Å². The molecule has 1 atom stereocenters. The van der Waals surface area contributed by atoms with Gasteiger partial charge < -0.3 is 4.90 Å². The van der Waals surface area contributed by atoms with Crippen LogP contribution in [0.25, 0.3) is 5.95 Å². The molecule has 3 N–H and O–H groups in total. The molecule has 0 saturated carbocycles. The molecule has 0 aliphatic carbocycles. The average molecular weight is 275 g/mol. The predicted molar refractivity (Wildman–Crippen MR) is 73.2 cm³/mol. The molecule has 0 bridgehead atoms. The van der Waals surface area contributed by atoms with Gasteiger partial charge in [-0.3, -0.25) is 5.43 Å². The van der Waals surface area contributed by atoms with Gasteiger partial charge in [0.15, 0.2) is 0 Å². The summed E-state index contributed by atoms with van der Waals surface area (Å²) < 4.78 is 1.49. The van der Waals surface area contributed by atoms with Crippen LogP contribution in [-0.2, 0) is 0 Å². The van der Waals surface area contributed by atoms with Crippen LogP contribution < -0.4 is 16.2 Å². The van der Waals surface area contributed by atoms with Gasteiger partial charge in [0.25, 0.3) is 5.95 Å². The number of hydrazine groups is 1. The second kappa shape index (κ2) is 5.37. The van der Waals surface area contributed by atoms with Gasteiger partial charge in [-0.25, -0.2) is 10.8 Å². The van der Waals surface area contributed by atoms with Crippen molar-refractivity contribution in [2.45, 2.75) is 19.8 Å². The Morgan fingerprint density at radius 2 is 2.15 bits per heavy atom. The smallest absolute Gasteiger partial charge is 0.258 e. The lowest BCUT2D eigenvalue weighted by Gasteiger charge is -2.30. The lowest BCUT2D eigenvalue weighted by molar-refractivity contribution is 0.441. The second-order valence-corrected chi connectivity index (χ2v) is 4.94. The fourth-order valence-electron chi connectivity index (χ4n) is 2.34. The third-order valence-corrected chi connectivity index (χ3v) is 3.30. The Morgan fingerprint density at radius 3 is 2.85 bits per heavy atom. The Kier molecular flexibility index (Phi) is 3.42. The summed E-state index contributed by atoms with van der Waals surface area (Å²) in [7, 11) is 0. The van der Waals surface area contributed by atoms with E-state index in [0.717, 1.165) is 19.5 Å². The standard InChI is InChI=1S/C11H17N9/c1-8-3-2-4-19(5-8)10-15-9(18-12)16-11(17-10)20-7-13-6-14-20/h6-8H,2-5,12H2,1H3,(H,15,16,17,18). The number of piperidine rings is 1. The van der Waals surface area contributed by atoms with E-state index in [9.17, 15) is 0 Å². The van der Waals surface area contributed by atoms with Gasteiger partial charge in [0, 0.05) is 13.1 Å². The fourth-order valence-corrected chi connectivity index (χ4v) is 2.34. The molecule has 0 aromatic carbocycles. The first-order valence-electron chi connectivity index (χ1n) is 6.59. The van der Waals surface area contributed by atoms with Crippen molar-refractivity contribution < 1.29 is 0 Å². The van der Waals surface area contributed by atoms with Crippen molar-refractivity contribution in [2.24, 2.45) is 11.8 Å². The first kappa shape index (κ1) is 12.7. The third kappa shape index (κ3) is 2.52. The van der Waals surface area contributed by atoms with E-state index in [2.05, 4.69) is 42.3 Å². The summed E-state index contributed by atoms with van der Waals surface area (Å²) in [5.41, 5.74) is 2.47. The Morgan fingerprint density at radius 1 is 1.30 bits per heavy atom. The van der Waals surface area contributed by atoms with E-state index in [4.69, 9.17) is 5.84 Å². The molecule has 1 aliphatic rings. The Labute approximate surface area is 116 Å². The van der Waals surface area contributed by atoms with Gasteiger partial charge in [-0.2, -0.15) is 24.7 Å². The quantitative estimate of drug-likeness (QED) is 0.593. The normalized spacial score (nSPS) is 19.1. The van der Waals surface area contributed by atoms with E-state index in [0.29, 0.717) is 23.8 Å². The molecule has 2 aromatic heterocycles. The number of nitrogen functional groups attached to an aromatic ring is 1. The number of aromatic nitrogens is 6. The molecular formula is C11H17N9. The highest BCUT2D eigenvalue weighted by Gasteiger charge is 2.20. The molecule has 106 valence electrons. The lowest BCUT2D eigenvalue weighted by Crippen LogP contribution is -2.36. The average Bonchev–Trinajstić information content (AvgIpc) is 3.01. The lowest BCUT2D eigenvalue weighted by atomic mass is 10.0. The number of rotatable bonds is 3. The third-order valence-electron chi connectivity index (χ3n) is 3.30. The van der Waals surface area contributed by atoms with Gasteiger partial charge in [0.2, 0.25) is 11.9 Å². The highest BCUT2D eigenvalue weighted by molar-refractivity contribution is 5.39. The Balaban J connectivity index is 1.96. The Bertz CT molecular complexity index is 567. The molecule has 9 nitrogen and oxygen atoms in total. The van der Waals surface area contributed by atoms with Crippen LogP contribution in [0.15, 0.2) is 12.7 Å². The molecule has 3 rings (SSSR count). The summed E-state index contributed by atoms with van der Waals surface area (Å²) in [6.07, 6.45) is 5.34. The molecule has 9 heteroatoms. The van der Waals surface area contributed by atoms with Crippen molar-refractivity contribution in [3.8, 4) is 5.95 Å². The minimum atomic E-state index is 0.318.